The van der Waals surface area contributed by atoms with E-state index in [-0.39, 0.29) is 0 Å². The zero-order valence-electron chi connectivity index (χ0n) is 9.16. The van der Waals surface area contributed by atoms with Crippen molar-refractivity contribution in [1.82, 2.24) is 0 Å². The Hall–Kier alpha value is -2.36. The number of hydrogen-bond donors (Lipinski definition) is 0. The van der Waals surface area contributed by atoms with E-state index in [0.717, 1.165) is 0 Å². The van der Waals surface area contributed by atoms with Crippen LogP contribution in [0.4, 0.5) is 0 Å². The Morgan fingerprint density at radius 2 is 1.33 bits per heavy atom. The van der Waals surface area contributed by atoms with Crippen LogP contribution in [0.1, 0.15) is 0 Å². The average Bonchev–Trinajstić information content (AvgIpc) is 2.28. The first-order valence-corrected chi connectivity index (χ1v) is 5.74. The number of carbonyl (C=O) groups excluding carboxylic acids is 3. The van der Waals surface area contributed by atoms with Crippen LogP contribution in [0.2, 0.25) is 0 Å². The minimum absolute atomic E-state index is 0.644. The second kappa shape index (κ2) is 7.06. The smallest absolute Gasteiger partial charge is 0.348 e. The number of hydrogen-bond acceptors (Lipinski definition) is 7. The highest BCUT2D eigenvalue weighted by atomic mass is 31.2. The first-order valence-electron chi connectivity index (χ1n) is 4.28. The van der Waals surface area contributed by atoms with Gasteiger partial charge >= 0.3 is 25.7 Å². The van der Waals surface area contributed by atoms with E-state index in [1.54, 1.807) is 0 Å². The summed E-state index contributed by atoms with van der Waals surface area (Å²) in [5.41, 5.74) is 2.03. The van der Waals surface area contributed by atoms with Crippen LogP contribution in [-0.2, 0) is 32.5 Å². The Kier molecular flexibility index (Phi) is 6.14. The first kappa shape index (κ1) is 15.6. The topological polar surface area (TPSA) is 96.0 Å². The molecule has 0 spiro atoms. The van der Waals surface area contributed by atoms with Crippen LogP contribution < -0.4 is 0 Å². The van der Waals surface area contributed by atoms with Crippen LogP contribution in [-0.4, -0.2) is 17.9 Å². The summed E-state index contributed by atoms with van der Waals surface area (Å²) in [5, 5.41) is 0. The normalized spacial score (nSPS) is 9.33. The molecule has 0 atom stereocenters. The SMILES string of the molecule is C=C=CC(=O)OP(=O)(OC(=O)C=C)OC(=O)C=C. The lowest BCUT2D eigenvalue weighted by atomic mass is 10.6. The molecule has 0 radical (unpaired) electrons. The second-order valence-corrected chi connectivity index (χ2v) is 3.88. The lowest BCUT2D eigenvalue weighted by Gasteiger charge is -2.13. The van der Waals surface area contributed by atoms with Gasteiger partial charge in [0.2, 0.25) is 0 Å². The third-order valence-corrected chi connectivity index (χ3v) is 2.37. The minimum atomic E-state index is -4.74. The van der Waals surface area contributed by atoms with E-state index in [4.69, 9.17) is 0 Å². The largest absolute Gasteiger partial charge is 0.654 e. The van der Waals surface area contributed by atoms with E-state index in [9.17, 15) is 18.9 Å². The Bertz CT molecular complexity index is 458. The van der Waals surface area contributed by atoms with E-state index >= 15 is 0 Å². The van der Waals surface area contributed by atoms with E-state index in [1.165, 1.54) is 0 Å². The van der Waals surface area contributed by atoms with Crippen molar-refractivity contribution in [1.29, 1.82) is 0 Å². The summed E-state index contributed by atoms with van der Waals surface area (Å²) in [6.45, 7) is 9.13. The fraction of sp³-hybridized carbons (Fsp3) is 0. The molecule has 0 unspecified atom stereocenters. The molecule has 0 aromatic heterocycles. The molecule has 0 rings (SSSR count). The maximum absolute atomic E-state index is 11.7. The molecule has 0 amide bonds. The standard InChI is InChI=1S/C10H9O7P/c1-4-7-10(13)17-18(14,15-8(11)5-2)16-9(12)6-3/h5-7H,1-3H2. The molecule has 0 saturated heterocycles. The molecule has 0 aliphatic heterocycles. The number of carbonyl (C=O) groups is 3. The van der Waals surface area contributed by atoms with Crippen molar-refractivity contribution < 1.29 is 32.5 Å². The highest BCUT2D eigenvalue weighted by molar-refractivity contribution is 7.50. The predicted molar refractivity (Wildman–Crippen MR) is 60.0 cm³/mol. The van der Waals surface area contributed by atoms with Gasteiger partial charge in [0.15, 0.2) is 0 Å². The molecule has 0 aliphatic rings. The van der Waals surface area contributed by atoms with E-state index in [2.05, 4.69) is 33.3 Å². The molecular weight excluding hydrogens is 263 g/mol. The van der Waals surface area contributed by atoms with E-state index < -0.39 is 25.7 Å². The summed E-state index contributed by atoms with van der Waals surface area (Å²) >= 11 is 0. The molecule has 0 aromatic carbocycles. The van der Waals surface area contributed by atoms with Gasteiger partial charge in [-0.2, -0.15) is 4.57 Å². The van der Waals surface area contributed by atoms with Crippen molar-refractivity contribution >= 4 is 25.7 Å². The van der Waals surface area contributed by atoms with Gasteiger partial charge in [0.05, 0.1) is 6.08 Å². The predicted octanol–water partition coefficient (Wildman–Crippen LogP) is 1.44. The number of phosphoric ester groups is 1. The van der Waals surface area contributed by atoms with Crippen LogP contribution in [0.15, 0.2) is 43.7 Å². The summed E-state index contributed by atoms with van der Waals surface area (Å²) in [6.07, 6.45) is 1.95. The summed E-state index contributed by atoms with van der Waals surface area (Å²) < 4.78 is 24.3. The summed E-state index contributed by atoms with van der Waals surface area (Å²) in [6, 6.07) is 0. The Labute approximate surface area is 103 Å². The molecule has 0 aromatic rings. The first-order chi connectivity index (χ1) is 8.36. The van der Waals surface area contributed by atoms with Crippen molar-refractivity contribution in [2.75, 3.05) is 0 Å². The maximum Gasteiger partial charge on any atom is 0.654 e. The lowest BCUT2D eigenvalue weighted by Crippen LogP contribution is -2.10. The highest BCUT2D eigenvalue weighted by Gasteiger charge is 2.37. The minimum Gasteiger partial charge on any atom is -0.348 e. The van der Waals surface area contributed by atoms with Crippen LogP contribution in [0.3, 0.4) is 0 Å². The van der Waals surface area contributed by atoms with Gasteiger partial charge in [-0.25, -0.2) is 14.4 Å². The van der Waals surface area contributed by atoms with Crippen molar-refractivity contribution in [3.8, 4) is 0 Å². The average molecular weight is 272 g/mol. The van der Waals surface area contributed by atoms with Gasteiger partial charge in [-0.3, -0.25) is 0 Å². The Morgan fingerprint density at radius 1 is 0.944 bits per heavy atom. The van der Waals surface area contributed by atoms with Crippen molar-refractivity contribution in [3.05, 3.63) is 43.7 Å². The van der Waals surface area contributed by atoms with Gasteiger partial charge in [0.25, 0.3) is 0 Å². The number of rotatable bonds is 6. The van der Waals surface area contributed by atoms with E-state index in [0.29, 0.717) is 18.2 Å². The Balaban J connectivity index is 5.07. The van der Waals surface area contributed by atoms with Gasteiger partial charge < -0.3 is 13.6 Å². The van der Waals surface area contributed by atoms with Gasteiger partial charge in [0, 0.05) is 12.2 Å². The molecule has 0 bridgehead atoms. The summed E-state index contributed by atoms with van der Waals surface area (Å²) in [5.74, 6) is -3.63. The van der Waals surface area contributed by atoms with Crippen LogP contribution in [0.25, 0.3) is 0 Å². The molecule has 8 heteroatoms. The zero-order chi connectivity index (χ0) is 14.2. The molecule has 0 N–H and O–H groups in total. The highest BCUT2D eigenvalue weighted by Crippen LogP contribution is 2.50. The molecule has 7 nitrogen and oxygen atoms in total. The molecular formula is C10H9O7P. The molecule has 96 valence electrons. The third-order valence-electron chi connectivity index (χ3n) is 1.16. The third kappa shape index (κ3) is 5.65. The lowest BCUT2D eigenvalue weighted by molar-refractivity contribution is -0.138. The maximum atomic E-state index is 11.7. The van der Waals surface area contributed by atoms with Crippen LogP contribution >= 0.6 is 7.82 Å². The second-order valence-electron chi connectivity index (χ2n) is 2.43. The van der Waals surface area contributed by atoms with Crippen molar-refractivity contribution in [3.63, 3.8) is 0 Å². The molecule has 0 saturated carbocycles. The van der Waals surface area contributed by atoms with E-state index in [1.807, 2.05) is 5.73 Å². The fourth-order valence-corrected chi connectivity index (χ4v) is 1.55. The quantitative estimate of drug-likeness (QED) is 0.410. The fourth-order valence-electron chi connectivity index (χ4n) is 0.571. The molecule has 0 fully saturated rings. The zero-order valence-corrected chi connectivity index (χ0v) is 10.1. The molecule has 0 aliphatic carbocycles. The van der Waals surface area contributed by atoms with Crippen molar-refractivity contribution in [2.24, 2.45) is 0 Å². The summed E-state index contributed by atoms with van der Waals surface area (Å²) in [7, 11) is -4.74. The number of phosphoric acid groups is 1. The molecule has 18 heavy (non-hydrogen) atoms. The van der Waals surface area contributed by atoms with Crippen LogP contribution in [0, 0.1) is 0 Å². The van der Waals surface area contributed by atoms with Gasteiger partial charge in [-0.15, -0.1) is 5.73 Å². The monoisotopic (exact) mass is 272 g/mol. The van der Waals surface area contributed by atoms with Crippen LogP contribution in [0.5, 0.6) is 0 Å². The van der Waals surface area contributed by atoms with Gasteiger partial charge in [0.1, 0.15) is 0 Å². The van der Waals surface area contributed by atoms with Crippen molar-refractivity contribution in [2.45, 2.75) is 0 Å². The Morgan fingerprint density at radius 3 is 1.67 bits per heavy atom. The molecule has 0 heterocycles. The van der Waals surface area contributed by atoms with Gasteiger partial charge in [-0.1, -0.05) is 19.7 Å². The van der Waals surface area contributed by atoms with Gasteiger partial charge in [-0.05, 0) is 0 Å². The summed E-state index contributed by atoms with van der Waals surface area (Å²) in [4.78, 5) is 32.8.